The third-order valence-corrected chi connectivity index (χ3v) is 9.36. The molecule has 1 amide bonds. The van der Waals surface area contributed by atoms with Crippen molar-refractivity contribution in [3.8, 4) is 5.75 Å². The van der Waals surface area contributed by atoms with E-state index in [1.54, 1.807) is 4.52 Å². The first-order valence-electron chi connectivity index (χ1n) is 14.6. The standard InChI is InChI=1S/C30H38N6O3/c1-18-28(19(2)36-30(31-18)32-20(3)33-36)39-26-12-13-34(15-26)24-10-8-22(9-11-24)21-4-6-23(7-5-21)29(37)35-16-27-14-25(35)17-38-27/h8-11,21,23,25-27H,4-7,12-17H2,1-3H3/t21?,23?,25?,26-,27?/m1/s1. The smallest absolute Gasteiger partial charge is 0.253 e. The molecule has 1 aromatic carbocycles. The molecule has 9 nitrogen and oxygen atoms in total. The Hall–Kier alpha value is -3.20. The Balaban J connectivity index is 0.945. The van der Waals surface area contributed by atoms with E-state index in [2.05, 4.69) is 49.1 Å². The maximum atomic E-state index is 13.1. The number of aromatic nitrogens is 4. The lowest BCUT2D eigenvalue weighted by Gasteiger charge is -2.34. The largest absolute Gasteiger partial charge is 0.485 e. The molecule has 3 aromatic rings. The average Bonchev–Trinajstić information content (AvgIpc) is 3.76. The molecular weight excluding hydrogens is 492 g/mol. The Bertz CT molecular complexity index is 1380. The number of hydrogen-bond acceptors (Lipinski definition) is 7. The summed E-state index contributed by atoms with van der Waals surface area (Å²) in [6.07, 6.45) is 6.58. The van der Waals surface area contributed by atoms with Gasteiger partial charge in [-0.05, 0) is 76.5 Å². The topological polar surface area (TPSA) is 85.1 Å². The van der Waals surface area contributed by atoms with Crippen LogP contribution in [0.3, 0.4) is 0 Å². The van der Waals surface area contributed by atoms with Crippen molar-refractivity contribution in [1.82, 2.24) is 24.5 Å². The number of fused-ring (bicyclic) bond motifs is 3. The lowest BCUT2D eigenvalue weighted by Crippen LogP contribution is -2.45. The van der Waals surface area contributed by atoms with E-state index in [0.29, 0.717) is 29.5 Å². The number of hydrogen-bond donors (Lipinski definition) is 0. The van der Waals surface area contributed by atoms with Crippen molar-refractivity contribution in [2.75, 3.05) is 31.1 Å². The molecule has 1 saturated carbocycles. The molecule has 39 heavy (non-hydrogen) atoms. The minimum Gasteiger partial charge on any atom is -0.485 e. The molecule has 0 spiro atoms. The lowest BCUT2D eigenvalue weighted by molar-refractivity contribution is -0.141. The number of benzene rings is 1. The van der Waals surface area contributed by atoms with E-state index in [1.807, 2.05) is 20.8 Å². The first-order chi connectivity index (χ1) is 18.9. The highest BCUT2D eigenvalue weighted by Gasteiger charge is 2.43. The van der Waals surface area contributed by atoms with Crippen molar-refractivity contribution < 1.29 is 14.3 Å². The molecule has 0 N–H and O–H groups in total. The molecular formula is C30H38N6O3. The van der Waals surface area contributed by atoms with Gasteiger partial charge < -0.3 is 19.3 Å². The van der Waals surface area contributed by atoms with Gasteiger partial charge in [-0.1, -0.05) is 12.1 Å². The molecule has 0 radical (unpaired) electrons. The van der Waals surface area contributed by atoms with Gasteiger partial charge >= 0.3 is 0 Å². The van der Waals surface area contributed by atoms with Crippen LogP contribution in [0.4, 0.5) is 5.69 Å². The fourth-order valence-electron chi connectivity index (χ4n) is 7.19. The Morgan fingerprint density at radius 2 is 1.79 bits per heavy atom. The van der Waals surface area contributed by atoms with Gasteiger partial charge in [-0.25, -0.2) is 4.98 Å². The summed E-state index contributed by atoms with van der Waals surface area (Å²) >= 11 is 0. The van der Waals surface area contributed by atoms with Crippen LogP contribution >= 0.6 is 0 Å². The van der Waals surface area contributed by atoms with Crippen molar-refractivity contribution in [1.29, 1.82) is 0 Å². The monoisotopic (exact) mass is 530 g/mol. The van der Waals surface area contributed by atoms with E-state index in [9.17, 15) is 4.79 Å². The average molecular weight is 531 g/mol. The van der Waals surface area contributed by atoms with Crippen molar-refractivity contribution in [3.05, 3.63) is 47.0 Å². The maximum Gasteiger partial charge on any atom is 0.253 e. The number of rotatable bonds is 5. The van der Waals surface area contributed by atoms with Crippen LogP contribution in [0.25, 0.3) is 5.78 Å². The third kappa shape index (κ3) is 4.54. The van der Waals surface area contributed by atoms with Crippen LogP contribution in [0, 0.1) is 26.7 Å². The van der Waals surface area contributed by atoms with E-state index in [-0.39, 0.29) is 18.1 Å². The normalized spacial score (nSPS) is 28.5. The highest BCUT2D eigenvalue weighted by molar-refractivity contribution is 5.79. The van der Waals surface area contributed by atoms with Gasteiger partial charge in [0.2, 0.25) is 5.91 Å². The first-order valence-corrected chi connectivity index (χ1v) is 14.6. The van der Waals surface area contributed by atoms with Gasteiger partial charge in [-0.2, -0.15) is 9.50 Å². The van der Waals surface area contributed by atoms with Crippen LogP contribution in [0.15, 0.2) is 24.3 Å². The summed E-state index contributed by atoms with van der Waals surface area (Å²) < 4.78 is 13.9. The number of carbonyl (C=O) groups is 1. The van der Waals surface area contributed by atoms with Crippen LogP contribution < -0.4 is 9.64 Å². The highest BCUT2D eigenvalue weighted by Crippen LogP contribution is 2.39. The minimum absolute atomic E-state index is 0.108. The van der Waals surface area contributed by atoms with Gasteiger partial charge in [0.15, 0.2) is 5.75 Å². The zero-order valence-electron chi connectivity index (χ0n) is 23.2. The van der Waals surface area contributed by atoms with Gasteiger partial charge in [-0.3, -0.25) is 4.79 Å². The number of anilines is 1. The second-order valence-electron chi connectivity index (χ2n) is 11.9. The van der Waals surface area contributed by atoms with Gasteiger partial charge in [-0.15, -0.1) is 5.10 Å². The number of nitrogens with zero attached hydrogens (tertiary/aromatic N) is 6. The van der Waals surface area contributed by atoms with E-state index in [0.717, 1.165) is 81.9 Å². The number of likely N-dealkylation sites (tertiary alicyclic amines) is 1. The Kier molecular flexibility index (Phi) is 6.21. The van der Waals surface area contributed by atoms with Gasteiger partial charge in [0.1, 0.15) is 11.9 Å². The molecule has 9 heteroatoms. The molecule has 7 rings (SSSR count). The Morgan fingerprint density at radius 1 is 1.00 bits per heavy atom. The second kappa shape index (κ2) is 9.77. The van der Waals surface area contributed by atoms with Gasteiger partial charge in [0.05, 0.1) is 36.7 Å². The molecule has 2 aromatic heterocycles. The van der Waals surface area contributed by atoms with E-state index in [4.69, 9.17) is 9.47 Å². The van der Waals surface area contributed by atoms with Crippen LogP contribution in [-0.2, 0) is 9.53 Å². The first kappa shape index (κ1) is 24.8. The summed E-state index contributed by atoms with van der Waals surface area (Å²) in [7, 11) is 0. The van der Waals surface area contributed by atoms with Crippen molar-refractivity contribution in [3.63, 3.8) is 0 Å². The predicted molar refractivity (Wildman–Crippen MR) is 147 cm³/mol. The van der Waals surface area contributed by atoms with E-state index < -0.39 is 0 Å². The van der Waals surface area contributed by atoms with Crippen molar-refractivity contribution in [2.24, 2.45) is 5.92 Å². The van der Waals surface area contributed by atoms with Crippen LogP contribution in [0.5, 0.6) is 5.75 Å². The van der Waals surface area contributed by atoms with Gasteiger partial charge in [0, 0.05) is 31.1 Å². The molecule has 5 heterocycles. The SMILES string of the molecule is Cc1nc2nc(C)c(O[C@@H]3CCN(c4ccc(C5CCC(C(=O)N6CC7CC6CO7)CC5)cc4)C3)c(C)n2n1. The molecule has 3 aliphatic heterocycles. The summed E-state index contributed by atoms with van der Waals surface area (Å²) in [5, 5.41) is 4.47. The highest BCUT2D eigenvalue weighted by atomic mass is 16.5. The zero-order chi connectivity index (χ0) is 26.7. The molecule has 4 aliphatic rings. The quantitative estimate of drug-likeness (QED) is 0.493. The molecule has 206 valence electrons. The summed E-state index contributed by atoms with van der Waals surface area (Å²) in [6.45, 7) is 9.23. The van der Waals surface area contributed by atoms with Crippen LogP contribution in [-0.4, -0.2) is 74.9 Å². The number of carbonyl (C=O) groups excluding carboxylic acids is 1. The summed E-state index contributed by atoms with van der Waals surface area (Å²) in [4.78, 5) is 26.6. The maximum absolute atomic E-state index is 13.1. The Morgan fingerprint density at radius 3 is 2.51 bits per heavy atom. The summed E-state index contributed by atoms with van der Waals surface area (Å²) in [5.41, 5.74) is 4.44. The number of morpholine rings is 1. The van der Waals surface area contributed by atoms with Crippen molar-refractivity contribution in [2.45, 2.75) is 83.5 Å². The van der Waals surface area contributed by atoms with E-state index >= 15 is 0 Å². The third-order valence-electron chi connectivity index (χ3n) is 9.36. The van der Waals surface area contributed by atoms with Crippen molar-refractivity contribution >= 4 is 17.4 Å². The molecule has 2 bridgehead atoms. The van der Waals surface area contributed by atoms with E-state index in [1.165, 1.54) is 11.3 Å². The fraction of sp³-hybridized carbons (Fsp3) is 0.600. The molecule has 2 unspecified atom stereocenters. The molecule has 4 fully saturated rings. The summed E-state index contributed by atoms with van der Waals surface area (Å²) in [5.74, 6) is 3.26. The number of aryl methyl sites for hydroxylation is 3. The molecule has 3 atom stereocenters. The summed E-state index contributed by atoms with van der Waals surface area (Å²) in [6, 6.07) is 9.45. The predicted octanol–water partition coefficient (Wildman–Crippen LogP) is 3.98. The second-order valence-corrected chi connectivity index (χ2v) is 11.9. The lowest BCUT2D eigenvalue weighted by atomic mass is 9.78. The van der Waals surface area contributed by atoms with Crippen LogP contribution in [0.2, 0.25) is 0 Å². The number of amides is 1. The van der Waals surface area contributed by atoms with Gasteiger partial charge in [0.25, 0.3) is 5.78 Å². The minimum atomic E-state index is 0.108. The Labute approximate surface area is 229 Å². The molecule has 3 saturated heterocycles. The number of ether oxygens (including phenoxy) is 2. The molecule has 1 aliphatic carbocycles. The fourth-order valence-corrected chi connectivity index (χ4v) is 7.19. The zero-order valence-corrected chi connectivity index (χ0v) is 23.2. The van der Waals surface area contributed by atoms with Crippen LogP contribution in [0.1, 0.15) is 67.2 Å².